The molecule has 2 aromatic rings. The third kappa shape index (κ3) is 6.22. The van der Waals surface area contributed by atoms with E-state index in [0.717, 1.165) is 13.0 Å². The molecule has 2 aromatic carbocycles. The van der Waals surface area contributed by atoms with E-state index in [9.17, 15) is 13.2 Å². The highest BCUT2D eigenvalue weighted by Gasteiger charge is 2.20. The number of likely N-dealkylation sites (N-methyl/N-ethyl adjacent to an activating group) is 1. The van der Waals surface area contributed by atoms with E-state index in [1.165, 1.54) is 18.2 Å². The molecule has 0 bridgehead atoms. The Morgan fingerprint density at radius 2 is 1.75 bits per heavy atom. The molecule has 28 heavy (non-hydrogen) atoms. The van der Waals surface area contributed by atoms with Gasteiger partial charge in [0.2, 0.25) is 0 Å². The van der Waals surface area contributed by atoms with Crippen molar-refractivity contribution in [1.82, 2.24) is 9.80 Å². The molecule has 0 heterocycles. The van der Waals surface area contributed by atoms with Crippen molar-refractivity contribution in [2.24, 2.45) is 0 Å². The van der Waals surface area contributed by atoms with Gasteiger partial charge in [0.05, 0.1) is 10.6 Å². The standard InChI is InChI=1S/C20H26ClN3O3S/c1-4-11-24(13-12-23(2)3)20(25)16-7-5-10-19(14-16)28(26,27)22-18-9-6-8-17(21)15-18/h5-10,14-15,22H,4,11-13H2,1-3H3. The van der Waals surface area contributed by atoms with Gasteiger partial charge >= 0.3 is 0 Å². The number of halogens is 1. The van der Waals surface area contributed by atoms with Gasteiger partial charge in [-0.05, 0) is 56.9 Å². The van der Waals surface area contributed by atoms with Crippen LogP contribution in [0.4, 0.5) is 5.69 Å². The lowest BCUT2D eigenvalue weighted by molar-refractivity contribution is 0.0744. The second-order valence-electron chi connectivity index (χ2n) is 6.74. The summed E-state index contributed by atoms with van der Waals surface area (Å²) in [5, 5.41) is 0.431. The summed E-state index contributed by atoms with van der Waals surface area (Å²) < 4.78 is 27.9. The van der Waals surface area contributed by atoms with E-state index in [-0.39, 0.29) is 10.8 Å². The van der Waals surface area contributed by atoms with Gasteiger partial charge in [0.15, 0.2) is 0 Å². The van der Waals surface area contributed by atoms with E-state index in [1.807, 2.05) is 25.9 Å². The Hall–Kier alpha value is -2.09. The lowest BCUT2D eigenvalue weighted by Crippen LogP contribution is -2.37. The van der Waals surface area contributed by atoms with Crippen LogP contribution in [-0.2, 0) is 10.0 Å². The van der Waals surface area contributed by atoms with Crippen LogP contribution in [0.1, 0.15) is 23.7 Å². The summed E-state index contributed by atoms with van der Waals surface area (Å²) in [5.74, 6) is -0.177. The predicted molar refractivity (Wildman–Crippen MR) is 113 cm³/mol. The first kappa shape index (κ1) is 22.2. The molecule has 0 radical (unpaired) electrons. The summed E-state index contributed by atoms with van der Waals surface area (Å²) in [6.45, 7) is 3.94. The van der Waals surface area contributed by atoms with E-state index in [4.69, 9.17) is 11.6 Å². The van der Waals surface area contributed by atoms with Crippen molar-refractivity contribution in [2.75, 3.05) is 38.5 Å². The van der Waals surface area contributed by atoms with E-state index < -0.39 is 10.0 Å². The van der Waals surface area contributed by atoms with E-state index >= 15 is 0 Å². The Morgan fingerprint density at radius 1 is 1.04 bits per heavy atom. The van der Waals surface area contributed by atoms with Crippen LogP contribution in [0.2, 0.25) is 5.02 Å². The largest absolute Gasteiger partial charge is 0.337 e. The highest BCUT2D eigenvalue weighted by molar-refractivity contribution is 7.92. The average Bonchev–Trinajstić information content (AvgIpc) is 2.64. The number of anilines is 1. The molecule has 0 unspecified atom stereocenters. The number of rotatable bonds is 9. The van der Waals surface area contributed by atoms with Crippen molar-refractivity contribution in [3.05, 3.63) is 59.1 Å². The molecule has 0 fully saturated rings. The lowest BCUT2D eigenvalue weighted by atomic mass is 10.2. The van der Waals surface area contributed by atoms with Gasteiger partial charge < -0.3 is 9.80 Å². The Balaban J connectivity index is 2.24. The number of carbonyl (C=O) groups excluding carboxylic acids is 1. The fourth-order valence-electron chi connectivity index (χ4n) is 2.65. The van der Waals surface area contributed by atoms with Crippen molar-refractivity contribution in [3.63, 3.8) is 0 Å². The SMILES string of the molecule is CCCN(CCN(C)C)C(=O)c1cccc(S(=O)(=O)Nc2cccc(Cl)c2)c1. The van der Waals surface area contributed by atoms with Crippen molar-refractivity contribution in [3.8, 4) is 0 Å². The molecule has 6 nitrogen and oxygen atoms in total. The number of hydrogen-bond acceptors (Lipinski definition) is 4. The van der Waals surface area contributed by atoms with Crippen LogP contribution < -0.4 is 4.72 Å². The van der Waals surface area contributed by atoms with Crippen LogP contribution in [0, 0.1) is 0 Å². The number of carbonyl (C=O) groups is 1. The minimum absolute atomic E-state index is 0.0300. The van der Waals surface area contributed by atoms with Gasteiger partial charge in [-0.3, -0.25) is 9.52 Å². The molecule has 8 heteroatoms. The minimum Gasteiger partial charge on any atom is -0.337 e. The van der Waals surface area contributed by atoms with Crippen LogP contribution in [0.3, 0.4) is 0 Å². The first-order valence-corrected chi connectivity index (χ1v) is 10.9. The van der Waals surface area contributed by atoms with Crippen LogP contribution in [-0.4, -0.2) is 57.9 Å². The summed E-state index contributed by atoms with van der Waals surface area (Å²) in [6.07, 6.45) is 0.827. The van der Waals surface area contributed by atoms with E-state index in [1.54, 1.807) is 35.2 Å². The summed E-state index contributed by atoms with van der Waals surface area (Å²) in [4.78, 5) is 16.7. The van der Waals surface area contributed by atoms with Crippen molar-refractivity contribution in [1.29, 1.82) is 0 Å². The highest BCUT2D eigenvalue weighted by atomic mass is 35.5. The molecule has 0 aromatic heterocycles. The molecule has 1 amide bonds. The first-order valence-electron chi connectivity index (χ1n) is 9.05. The van der Waals surface area contributed by atoms with Crippen LogP contribution >= 0.6 is 11.6 Å². The van der Waals surface area contributed by atoms with Gasteiger partial charge in [-0.1, -0.05) is 30.7 Å². The van der Waals surface area contributed by atoms with Gasteiger partial charge in [0.25, 0.3) is 15.9 Å². The van der Waals surface area contributed by atoms with Crippen LogP contribution in [0.5, 0.6) is 0 Å². The number of amides is 1. The summed E-state index contributed by atoms with van der Waals surface area (Å²) >= 11 is 5.91. The minimum atomic E-state index is -3.84. The van der Waals surface area contributed by atoms with Crippen LogP contribution in [0.15, 0.2) is 53.4 Å². The first-order chi connectivity index (χ1) is 13.2. The van der Waals surface area contributed by atoms with Crippen molar-refractivity contribution >= 4 is 33.2 Å². The second-order valence-corrected chi connectivity index (χ2v) is 8.86. The molecule has 1 N–H and O–H groups in total. The number of nitrogens with one attached hydrogen (secondary N) is 1. The molecule has 0 aliphatic heterocycles. The second kappa shape index (κ2) is 9.91. The monoisotopic (exact) mass is 423 g/mol. The van der Waals surface area contributed by atoms with Gasteiger partial charge in [0, 0.05) is 30.2 Å². The Labute approximate surface area is 172 Å². The molecule has 0 aliphatic rings. The highest BCUT2D eigenvalue weighted by Crippen LogP contribution is 2.20. The maximum atomic E-state index is 12.9. The quantitative estimate of drug-likeness (QED) is 0.669. The maximum absolute atomic E-state index is 12.9. The third-order valence-corrected chi connectivity index (χ3v) is 5.68. The Kier molecular flexibility index (Phi) is 7.86. The molecule has 0 spiro atoms. The number of sulfonamides is 1. The zero-order valence-corrected chi connectivity index (χ0v) is 17.9. The summed E-state index contributed by atoms with van der Waals surface area (Å²) in [5.41, 5.74) is 0.712. The summed E-state index contributed by atoms with van der Waals surface area (Å²) in [7, 11) is 0.0580. The van der Waals surface area contributed by atoms with Crippen molar-refractivity contribution < 1.29 is 13.2 Å². The molecule has 0 atom stereocenters. The normalized spacial score (nSPS) is 11.5. The van der Waals surface area contributed by atoms with Gasteiger partial charge in [-0.25, -0.2) is 8.42 Å². The zero-order chi connectivity index (χ0) is 20.7. The van der Waals surface area contributed by atoms with Gasteiger partial charge in [-0.2, -0.15) is 0 Å². The number of nitrogens with zero attached hydrogens (tertiary/aromatic N) is 2. The third-order valence-electron chi connectivity index (χ3n) is 4.07. The molecular formula is C20H26ClN3O3S. The Bertz CT molecular complexity index is 916. The zero-order valence-electron chi connectivity index (χ0n) is 16.4. The van der Waals surface area contributed by atoms with Crippen molar-refractivity contribution in [2.45, 2.75) is 18.2 Å². The molecule has 152 valence electrons. The topological polar surface area (TPSA) is 69.7 Å². The Morgan fingerprint density at radius 3 is 2.39 bits per heavy atom. The maximum Gasteiger partial charge on any atom is 0.261 e. The smallest absolute Gasteiger partial charge is 0.261 e. The van der Waals surface area contributed by atoms with Gasteiger partial charge in [-0.15, -0.1) is 0 Å². The number of benzene rings is 2. The predicted octanol–water partition coefficient (Wildman–Crippen LogP) is 3.55. The average molecular weight is 424 g/mol. The molecular weight excluding hydrogens is 398 g/mol. The fraction of sp³-hybridized carbons (Fsp3) is 0.350. The molecule has 2 rings (SSSR count). The van der Waals surface area contributed by atoms with Crippen LogP contribution in [0.25, 0.3) is 0 Å². The molecule has 0 aliphatic carbocycles. The fourth-order valence-corrected chi connectivity index (χ4v) is 3.94. The van der Waals surface area contributed by atoms with Gasteiger partial charge in [0.1, 0.15) is 0 Å². The molecule has 0 saturated carbocycles. The summed E-state index contributed by atoms with van der Waals surface area (Å²) in [6, 6.07) is 12.6. The lowest BCUT2D eigenvalue weighted by Gasteiger charge is -2.24. The van der Waals surface area contributed by atoms with E-state index in [2.05, 4.69) is 4.72 Å². The number of hydrogen-bond donors (Lipinski definition) is 1. The molecule has 0 saturated heterocycles. The van der Waals surface area contributed by atoms with E-state index in [0.29, 0.717) is 29.4 Å².